The van der Waals surface area contributed by atoms with E-state index in [2.05, 4.69) is 34.7 Å². The lowest BCUT2D eigenvalue weighted by Gasteiger charge is -2.53. The van der Waals surface area contributed by atoms with Crippen LogP contribution in [0, 0.1) is 23.7 Å². The Morgan fingerprint density at radius 2 is 2.00 bits per heavy atom. The molecule has 1 aromatic rings. The third-order valence-corrected chi connectivity index (χ3v) is 8.49. The minimum atomic E-state index is -0.812. The van der Waals surface area contributed by atoms with Crippen molar-refractivity contribution in [1.82, 2.24) is 9.88 Å². The molecule has 1 N–H and O–H groups in total. The van der Waals surface area contributed by atoms with Crippen molar-refractivity contribution in [2.24, 2.45) is 23.7 Å². The van der Waals surface area contributed by atoms with Gasteiger partial charge in [-0.3, -0.25) is 9.69 Å². The number of anilines is 1. The number of ether oxygens (including phenoxy) is 2. The summed E-state index contributed by atoms with van der Waals surface area (Å²) in [7, 11) is 1.65. The van der Waals surface area contributed by atoms with Crippen LogP contribution in [-0.4, -0.2) is 72.5 Å². The maximum absolute atomic E-state index is 11.8. The second kappa shape index (κ2) is 10.2. The normalized spacial score (nSPS) is 33.0. The molecule has 1 saturated carbocycles. The topological polar surface area (TPSA) is 75.1 Å². The zero-order valence-electron chi connectivity index (χ0n) is 21.4. The third-order valence-electron chi connectivity index (χ3n) is 8.49. The number of nitrogens with zero attached hydrogens (tertiary/aromatic N) is 3. The summed E-state index contributed by atoms with van der Waals surface area (Å²) in [6, 6.07) is 5.92. The van der Waals surface area contributed by atoms with Crippen molar-refractivity contribution in [1.29, 1.82) is 0 Å². The molecular formula is C27H41N3O4. The molecule has 2 aliphatic carbocycles. The molecule has 2 fully saturated rings. The smallest absolute Gasteiger partial charge is 0.303 e. The van der Waals surface area contributed by atoms with Crippen LogP contribution in [0.2, 0.25) is 0 Å². The van der Waals surface area contributed by atoms with Crippen LogP contribution in [-0.2, 0) is 9.53 Å². The van der Waals surface area contributed by atoms with E-state index in [4.69, 9.17) is 9.47 Å². The van der Waals surface area contributed by atoms with Crippen molar-refractivity contribution in [2.75, 3.05) is 44.7 Å². The molecule has 7 nitrogen and oxygen atoms in total. The van der Waals surface area contributed by atoms with Gasteiger partial charge < -0.3 is 19.5 Å². The molecule has 1 aliphatic heterocycles. The highest BCUT2D eigenvalue weighted by molar-refractivity contribution is 5.66. The fraction of sp³-hybridized carbons (Fsp3) is 0.704. The predicted molar refractivity (Wildman–Crippen MR) is 133 cm³/mol. The van der Waals surface area contributed by atoms with Gasteiger partial charge in [0.2, 0.25) is 5.88 Å². The van der Waals surface area contributed by atoms with Gasteiger partial charge in [-0.1, -0.05) is 26.0 Å². The van der Waals surface area contributed by atoms with E-state index in [0.29, 0.717) is 24.1 Å². The summed E-state index contributed by atoms with van der Waals surface area (Å²) in [5.41, 5.74) is 0.267. The summed E-state index contributed by atoms with van der Waals surface area (Å²) >= 11 is 0. The summed E-state index contributed by atoms with van der Waals surface area (Å²) in [5, 5.41) is 11.8. The van der Waals surface area contributed by atoms with Crippen LogP contribution >= 0.6 is 0 Å². The number of hydrogen-bond donors (Lipinski definition) is 1. The molecule has 1 unspecified atom stereocenters. The third kappa shape index (κ3) is 5.10. The molecule has 7 heteroatoms. The fourth-order valence-corrected chi connectivity index (χ4v) is 6.39. The van der Waals surface area contributed by atoms with Gasteiger partial charge in [0.1, 0.15) is 11.9 Å². The van der Waals surface area contributed by atoms with E-state index < -0.39 is 5.60 Å². The number of carbonyl (C=O) groups excluding carboxylic acids is 1. The summed E-state index contributed by atoms with van der Waals surface area (Å²) < 4.78 is 10.8. The number of carbonyl (C=O) groups is 1. The highest BCUT2D eigenvalue weighted by Crippen LogP contribution is 2.51. The van der Waals surface area contributed by atoms with Crippen LogP contribution in [0.1, 0.15) is 47.0 Å². The van der Waals surface area contributed by atoms with Crippen molar-refractivity contribution in [3.05, 3.63) is 29.8 Å². The largest absolute Gasteiger partial charge is 0.481 e. The van der Waals surface area contributed by atoms with Crippen LogP contribution in [0.3, 0.4) is 0 Å². The maximum Gasteiger partial charge on any atom is 0.303 e. The zero-order chi connectivity index (χ0) is 24.5. The molecule has 1 saturated heterocycles. The van der Waals surface area contributed by atoms with Gasteiger partial charge >= 0.3 is 5.97 Å². The van der Waals surface area contributed by atoms with Crippen LogP contribution in [0.5, 0.6) is 5.88 Å². The Balaban J connectivity index is 1.40. The fourth-order valence-electron chi connectivity index (χ4n) is 6.39. The molecule has 188 valence electrons. The lowest BCUT2D eigenvalue weighted by Crippen LogP contribution is -2.56. The van der Waals surface area contributed by atoms with E-state index >= 15 is 0 Å². The molecule has 0 spiro atoms. The van der Waals surface area contributed by atoms with Crippen molar-refractivity contribution in [3.63, 3.8) is 0 Å². The number of aliphatic hydroxyl groups is 1. The molecule has 0 amide bonds. The number of methoxy groups -OCH3 is 1. The molecule has 34 heavy (non-hydrogen) atoms. The van der Waals surface area contributed by atoms with E-state index in [1.807, 2.05) is 25.1 Å². The Bertz CT molecular complexity index is 898. The van der Waals surface area contributed by atoms with Crippen LogP contribution < -0.4 is 9.64 Å². The first-order valence-electron chi connectivity index (χ1n) is 12.8. The van der Waals surface area contributed by atoms with E-state index in [-0.39, 0.29) is 23.9 Å². The summed E-state index contributed by atoms with van der Waals surface area (Å²) in [4.78, 5) is 21.1. The Labute approximate surface area is 204 Å². The lowest BCUT2D eigenvalue weighted by molar-refractivity contribution is -0.159. The van der Waals surface area contributed by atoms with E-state index in [1.165, 1.54) is 6.92 Å². The van der Waals surface area contributed by atoms with Gasteiger partial charge in [-0.15, -0.1) is 0 Å². The average Bonchev–Trinajstić information content (AvgIpc) is 2.81. The first-order chi connectivity index (χ1) is 16.2. The van der Waals surface area contributed by atoms with Gasteiger partial charge in [0.05, 0.1) is 12.7 Å². The predicted octanol–water partition coefficient (Wildman–Crippen LogP) is 3.52. The van der Waals surface area contributed by atoms with Gasteiger partial charge in [-0.2, -0.15) is 4.98 Å². The summed E-state index contributed by atoms with van der Waals surface area (Å²) in [6.45, 7) is 12.9. The summed E-state index contributed by atoms with van der Waals surface area (Å²) in [6.07, 6.45) is 4.56. The van der Waals surface area contributed by atoms with Crippen molar-refractivity contribution >= 4 is 11.8 Å². The second-order valence-corrected chi connectivity index (χ2v) is 10.7. The van der Waals surface area contributed by atoms with Crippen LogP contribution in [0.15, 0.2) is 29.8 Å². The monoisotopic (exact) mass is 471 g/mol. The zero-order valence-corrected chi connectivity index (χ0v) is 21.4. The minimum absolute atomic E-state index is 0.111. The van der Waals surface area contributed by atoms with E-state index in [1.54, 1.807) is 7.11 Å². The molecule has 4 rings (SSSR count). The highest BCUT2D eigenvalue weighted by Gasteiger charge is 2.52. The van der Waals surface area contributed by atoms with Crippen molar-refractivity contribution in [3.8, 4) is 5.88 Å². The SMILES string of the molecule is COc1cccc(N2CCN(CC(C)[C@@H]3CC[C@@H](C)[C@]4(O)C[C@@H](OC(C)=O)C(C)=C[C@H]34)CC2)n1. The van der Waals surface area contributed by atoms with Gasteiger partial charge in [0.15, 0.2) is 0 Å². The number of aromatic nitrogens is 1. The molecule has 0 bridgehead atoms. The quantitative estimate of drug-likeness (QED) is 0.503. The van der Waals surface area contributed by atoms with Gasteiger partial charge in [-0.25, -0.2) is 0 Å². The Hall–Kier alpha value is -2.12. The second-order valence-electron chi connectivity index (χ2n) is 10.7. The molecule has 3 aliphatic rings. The average molecular weight is 472 g/mol. The van der Waals surface area contributed by atoms with E-state index in [9.17, 15) is 9.90 Å². The van der Waals surface area contributed by atoms with Crippen LogP contribution in [0.4, 0.5) is 5.82 Å². The Kier molecular flexibility index (Phi) is 7.53. The molecular weight excluding hydrogens is 430 g/mol. The molecule has 1 aromatic heterocycles. The number of fused-ring (bicyclic) bond motifs is 1. The first kappa shape index (κ1) is 25.0. The van der Waals surface area contributed by atoms with Crippen LogP contribution in [0.25, 0.3) is 0 Å². The first-order valence-corrected chi connectivity index (χ1v) is 12.8. The van der Waals surface area contributed by atoms with Crippen molar-refractivity contribution in [2.45, 2.75) is 58.7 Å². The Morgan fingerprint density at radius 3 is 2.68 bits per heavy atom. The van der Waals surface area contributed by atoms with E-state index in [0.717, 1.165) is 57.0 Å². The highest BCUT2D eigenvalue weighted by atomic mass is 16.5. The number of esters is 1. The molecule has 6 atom stereocenters. The summed E-state index contributed by atoms with van der Waals surface area (Å²) in [5.74, 6) is 2.55. The van der Waals surface area contributed by atoms with Gasteiger partial charge in [0, 0.05) is 58.1 Å². The maximum atomic E-state index is 11.8. The standard InChI is InChI=1S/C27H41N3O4/c1-18-15-23-22(10-9-20(3)27(23,32)16-24(18)34-21(4)31)19(2)17-29-11-13-30(14-12-29)25-7-6-8-26(28-25)33-5/h6-8,15,19-20,22-24,32H,9-14,16-17H2,1-5H3/t19?,20-,22+,23-,24-,27-/m1/s1. The number of rotatable bonds is 6. The molecule has 0 aromatic carbocycles. The number of pyridine rings is 1. The van der Waals surface area contributed by atoms with Gasteiger partial charge in [0.25, 0.3) is 0 Å². The van der Waals surface area contributed by atoms with Gasteiger partial charge in [-0.05, 0) is 49.2 Å². The number of piperazine rings is 1. The molecule has 2 heterocycles. The number of hydrogen-bond acceptors (Lipinski definition) is 7. The molecule has 0 radical (unpaired) electrons. The Morgan fingerprint density at radius 1 is 1.26 bits per heavy atom. The lowest BCUT2D eigenvalue weighted by atomic mass is 9.57. The van der Waals surface area contributed by atoms with Crippen molar-refractivity contribution < 1.29 is 19.4 Å². The minimum Gasteiger partial charge on any atom is -0.481 e.